The minimum Gasteiger partial charge on any atom is -0.0928 e. The molecule has 0 aliphatic heterocycles. The summed E-state index contributed by atoms with van der Waals surface area (Å²) in [7, 11) is 0. The summed E-state index contributed by atoms with van der Waals surface area (Å²) < 4.78 is 0. The minimum atomic E-state index is 1.16. The van der Waals surface area contributed by atoms with Gasteiger partial charge in [-0.15, -0.1) is 0 Å². The lowest BCUT2D eigenvalue weighted by Crippen LogP contribution is -1.82. The van der Waals surface area contributed by atoms with E-state index in [2.05, 4.69) is 44.9 Å². The van der Waals surface area contributed by atoms with Gasteiger partial charge in [-0.1, -0.05) is 56.4 Å². The van der Waals surface area contributed by atoms with Crippen LogP contribution in [0.25, 0.3) is 0 Å². The van der Waals surface area contributed by atoms with E-state index in [1.807, 2.05) is 0 Å². The third-order valence-corrected chi connectivity index (χ3v) is 3.66. The van der Waals surface area contributed by atoms with E-state index in [0.29, 0.717) is 0 Å². The fourth-order valence-corrected chi connectivity index (χ4v) is 2.33. The summed E-state index contributed by atoms with van der Waals surface area (Å²) in [6, 6.07) is 0. The van der Waals surface area contributed by atoms with Crippen molar-refractivity contribution in [3.05, 3.63) is 11.6 Å². The fraction of sp³-hybridized carbons (Fsp3) is 0.846. The molecule has 0 saturated heterocycles. The van der Waals surface area contributed by atoms with Crippen LogP contribution in [0.2, 0.25) is 0 Å². The summed E-state index contributed by atoms with van der Waals surface area (Å²) in [5, 5.41) is 2.31. The first-order chi connectivity index (χ1) is 7.31. The molecule has 0 radical (unpaired) electrons. The Morgan fingerprint density at radius 2 is 1.47 bits per heavy atom. The van der Waals surface area contributed by atoms with E-state index in [4.69, 9.17) is 0 Å². The molecule has 0 nitrogen and oxygen atoms in total. The lowest BCUT2D eigenvalue weighted by molar-refractivity contribution is 0.707. The van der Waals surface area contributed by atoms with Crippen LogP contribution in [0.1, 0.15) is 58.3 Å². The number of hydrogen-bond donors (Lipinski definition) is 0. The smallest absolute Gasteiger partial charge is 0.00313 e. The van der Waals surface area contributed by atoms with Gasteiger partial charge in [-0.25, -0.2) is 0 Å². The Bertz CT molecular complexity index is 153. The summed E-state index contributed by atoms with van der Waals surface area (Å²) >= 11 is 6.92. The molecule has 0 rings (SSSR count). The number of allylic oxidation sites excluding steroid dienone is 2. The van der Waals surface area contributed by atoms with Crippen molar-refractivity contribution in [1.82, 2.24) is 0 Å². The van der Waals surface area contributed by atoms with E-state index in [0.717, 1.165) is 10.7 Å². The molecule has 0 spiro atoms. The normalized spacial score (nSPS) is 12.1. The Hall–Kier alpha value is 0.700. The average molecular weight is 340 g/mol. The van der Waals surface area contributed by atoms with Crippen LogP contribution in [0.5, 0.6) is 0 Å². The van der Waals surface area contributed by atoms with E-state index in [-0.39, 0.29) is 0 Å². The van der Waals surface area contributed by atoms with Gasteiger partial charge in [0, 0.05) is 10.7 Å². The van der Waals surface area contributed by atoms with Gasteiger partial charge >= 0.3 is 0 Å². The molecule has 0 aliphatic rings. The lowest BCUT2D eigenvalue weighted by Gasteiger charge is -2.01. The second-order valence-corrected chi connectivity index (χ2v) is 5.67. The molecule has 0 fully saturated rings. The van der Waals surface area contributed by atoms with E-state index in [1.54, 1.807) is 5.57 Å². The van der Waals surface area contributed by atoms with Gasteiger partial charge in [0.1, 0.15) is 0 Å². The molecule has 0 heterocycles. The van der Waals surface area contributed by atoms with Crippen molar-refractivity contribution in [2.45, 2.75) is 58.3 Å². The molecule has 90 valence electrons. The van der Waals surface area contributed by atoms with Gasteiger partial charge in [0.15, 0.2) is 0 Å². The lowest BCUT2D eigenvalue weighted by atomic mass is 10.1. The summed E-state index contributed by atoms with van der Waals surface area (Å²) in [6.45, 7) is 2.28. The van der Waals surface area contributed by atoms with Crippen LogP contribution in [0.4, 0.5) is 0 Å². The van der Waals surface area contributed by atoms with Crippen molar-refractivity contribution in [3.8, 4) is 0 Å². The van der Waals surface area contributed by atoms with Crippen LogP contribution in [0.3, 0.4) is 0 Å². The second kappa shape index (κ2) is 12.8. The molecule has 0 saturated carbocycles. The number of unbranched alkanes of at least 4 members (excludes halogenated alkanes) is 5. The van der Waals surface area contributed by atoms with Crippen molar-refractivity contribution in [1.29, 1.82) is 0 Å². The van der Waals surface area contributed by atoms with Crippen LogP contribution >= 0.6 is 31.9 Å². The highest BCUT2D eigenvalue weighted by molar-refractivity contribution is 9.09. The Kier molecular flexibility index (Phi) is 13.4. The third kappa shape index (κ3) is 12.6. The molecular formula is C13H24Br2. The van der Waals surface area contributed by atoms with E-state index in [1.165, 1.54) is 51.4 Å². The van der Waals surface area contributed by atoms with E-state index in [9.17, 15) is 0 Å². The van der Waals surface area contributed by atoms with Gasteiger partial charge in [-0.05, 0) is 45.4 Å². The zero-order valence-corrected chi connectivity index (χ0v) is 13.1. The van der Waals surface area contributed by atoms with Gasteiger partial charge in [0.25, 0.3) is 0 Å². The first-order valence-electron chi connectivity index (χ1n) is 6.08. The van der Waals surface area contributed by atoms with Gasteiger partial charge in [0.05, 0.1) is 0 Å². The van der Waals surface area contributed by atoms with E-state index < -0.39 is 0 Å². The van der Waals surface area contributed by atoms with Crippen LogP contribution < -0.4 is 0 Å². The maximum absolute atomic E-state index is 3.46. The number of halogens is 2. The average Bonchev–Trinajstić information content (AvgIpc) is 2.24. The maximum Gasteiger partial charge on any atom is 0.00313 e. The maximum atomic E-state index is 3.46. The van der Waals surface area contributed by atoms with E-state index >= 15 is 0 Å². The summed E-state index contributed by atoms with van der Waals surface area (Å²) in [4.78, 5) is 0. The SMILES string of the molecule is C/C(=C\CCCCCBr)CCCCCBr. The topological polar surface area (TPSA) is 0 Å². The van der Waals surface area contributed by atoms with Crippen molar-refractivity contribution in [3.63, 3.8) is 0 Å². The molecule has 15 heavy (non-hydrogen) atoms. The van der Waals surface area contributed by atoms with Crippen molar-refractivity contribution in [2.24, 2.45) is 0 Å². The predicted molar refractivity (Wildman–Crippen MR) is 78.3 cm³/mol. The third-order valence-electron chi connectivity index (χ3n) is 2.54. The minimum absolute atomic E-state index is 1.16. The molecule has 0 aromatic carbocycles. The Morgan fingerprint density at radius 1 is 0.867 bits per heavy atom. The zero-order valence-electron chi connectivity index (χ0n) is 9.90. The Balaban J connectivity index is 3.27. The molecule has 0 aromatic rings. The largest absolute Gasteiger partial charge is 0.0928 e. The molecule has 0 N–H and O–H groups in total. The molecule has 0 aromatic heterocycles. The standard InChI is InChI=1S/C13H24Br2/c1-13(10-6-4-8-12-15)9-5-2-3-7-11-14/h9H,2-8,10-12H2,1H3/b13-9+. The Labute approximate surface area is 112 Å². The summed E-state index contributed by atoms with van der Waals surface area (Å²) in [6.07, 6.45) is 13.1. The van der Waals surface area contributed by atoms with Gasteiger partial charge in [0.2, 0.25) is 0 Å². The fourth-order valence-electron chi connectivity index (χ4n) is 1.54. The second-order valence-electron chi connectivity index (χ2n) is 4.09. The van der Waals surface area contributed by atoms with Crippen LogP contribution in [-0.4, -0.2) is 10.7 Å². The Morgan fingerprint density at radius 3 is 2.07 bits per heavy atom. The van der Waals surface area contributed by atoms with Crippen LogP contribution in [-0.2, 0) is 0 Å². The molecule has 0 unspecified atom stereocenters. The molecule has 0 aliphatic carbocycles. The molecule has 0 amide bonds. The predicted octanol–water partition coefficient (Wildman–Crippen LogP) is 5.84. The molecule has 2 heteroatoms. The van der Waals surface area contributed by atoms with Crippen molar-refractivity contribution < 1.29 is 0 Å². The molecular weight excluding hydrogens is 316 g/mol. The van der Waals surface area contributed by atoms with Crippen molar-refractivity contribution in [2.75, 3.05) is 10.7 Å². The summed E-state index contributed by atoms with van der Waals surface area (Å²) in [5.41, 5.74) is 1.59. The first-order valence-corrected chi connectivity index (χ1v) is 8.33. The number of hydrogen-bond acceptors (Lipinski definition) is 0. The molecule has 0 atom stereocenters. The van der Waals surface area contributed by atoms with Gasteiger partial charge < -0.3 is 0 Å². The van der Waals surface area contributed by atoms with Gasteiger partial charge in [-0.3, -0.25) is 0 Å². The monoisotopic (exact) mass is 338 g/mol. The number of rotatable bonds is 10. The highest BCUT2D eigenvalue weighted by Crippen LogP contribution is 2.11. The van der Waals surface area contributed by atoms with Crippen LogP contribution in [0, 0.1) is 0 Å². The molecule has 0 bridgehead atoms. The summed E-state index contributed by atoms with van der Waals surface area (Å²) in [5.74, 6) is 0. The van der Waals surface area contributed by atoms with Crippen molar-refractivity contribution >= 4 is 31.9 Å². The highest BCUT2D eigenvalue weighted by Gasteiger charge is 1.92. The highest BCUT2D eigenvalue weighted by atomic mass is 79.9. The number of alkyl halides is 2. The first kappa shape index (κ1) is 15.7. The van der Waals surface area contributed by atoms with Crippen LogP contribution in [0.15, 0.2) is 11.6 Å². The quantitative estimate of drug-likeness (QED) is 0.266. The van der Waals surface area contributed by atoms with Gasteiger partial charge in [-0.2, -0.15) is 0 Å². The zero-order chi connectivity index (χ0) is 11.4.